The van der Waals surface area contributed by atoms with Gasteiger partial charge >= 0.3 is 11.9 Å². The lowest BCUT2D eigenvalue weighted by atomic mass is 9.74. The lowest BCUT2D eigenvalue weighted by Crippen LogP contribution is -2.37. The number of aliphatic imine (C=N–C) groups is 1. The third kappa shape index (κ3) is 4.96. The number of carbonyl (C=O) groups excluding carboxylic acids is 2. The predicted molar refractivity (Wildman–Crippen MR) is 120 cm³/mol. The quantitative estimate of drug-likeness (QED) is 0.439. The fraction of sp³-hybridized carbons (Fsp3) is 0.400. The number of carbonyl (C=O) groups is 2. The van der Waals surface area contributed by atoms with E-state index in [4.69, 9.17) is 9.47 Å². The molecule has 0 amide bonds. The molecule has 1 aromatic carbocycles. The summed E-state index contributed by atoms with van der Waals surface area (Å²) in [5.74, 6) is -2.03. The van der Waals surface area contributed by atoms with Crippen LogP contribution in [0.15, 0.2) is 53.2 Å². The summed E-state index contributed by atoms with van der Waals surface area (Å²) in [5, 5.41) is 0. The van der Waals surface area contributed by atoms with Gasteiger partial charge in [0.2, 0.25) is 0 Å². The molecule has 0 saturated heterocycles. The van der Waals surface area contributed by atoms with Crippen molar-refractivity contribution in [2.45, 2.75) is 47.0 Å². The molecule has 1 aliphatic rings. The van der Waals surface area contributed by atoms with Crippen molar-refractivity contribution in [1.82, 2.24) is 0 Å². The maximum absolute atomic E-state index is 12.9. The second kappa shape index (κ2) is 10.7. The summed E-state index contributed by atoms with van der Waals surface area (Å²) in [6, 6.07) is 5.92. The first-order valence-electron chi connectivity index (χ1n) is 10.3. The summed E-state index contributed by atoms with van der Waals surface area (Å²) in [6.07, 6.45) is 6.66. The molecule has 2 unspecified atom stereocenters. The van der Waals surface area contributed by atoms with E-state index in [-0.39, 0.29) is 19.2 Å². The van der Waals surface area contributed by atoms with Crippen molar-refractivity contribution < 1.29 is 19.1 Å². The standard InChI is InChI=1S/C25H31NO4/c1-7-10-11-13-19-14-12-15-20(16(19)4)23-21(24(27)29-8-2)17(5)26-18(6)22(23)25(28)30-9-3/h7,11-15,21,23H,1,8-10H2,2-6H3. The lowest BCUT2D eigenvalue weighted by molar-refractivity contribution is -0.146. The molecule has 0 fully saturated rings. The molecule has 1 aliphatic heterocycles. The van der Waals surface area contributed by atoms with Gasteiger partial charge in [0.05, 0.1) is 18.8 Å². The summed E-state index contributed by atoms with van der Waals surface area (Å²) in [5.41, 5.74) is 4.54. The Morgan fingerprint density at radius 2 is 1.83 bits per heavy atom. The molecule has 2 atom stereocenters. The third-order valence-corrected chi connectivity index (χ3v) is 5.22. The number of allylic oxidation sites excluding steroid dienone is 3. The van der Waals surface area contributed by atoms with E-state index in [9.17, 15) is 9.59 Å². The Bertz CT molecular complexity index is 908. The first-order chi connectivity index (χ1) is 14.4. The number of nitrogens with zero attached hydrogens (tertiary/aromatic N) is 1. The van der Waals surface area contributed by atoms with Gasteiger partial charge in [-0.25, -0.2) is 4.79 Å². The SMILES string of the molecule is C=CCC=Cc1cccc(C2C(C(=O)OCC)=C(C)N=C(C)C2C(=O)OCC)c1C. The highest BCUT2D eigenvalue weighted by atomic mass is 16.5. The summed E-state index contributed by atoms with van der Waals surface area (Å²) >= 11 is 0. The minimum atomic E-state index is -0.681. The Balaban J connectivity index is 2.69. The maximum Gasteiger partial charge on any atom is 0.336 e. The van der Waals surface area contributed by atoms with Gasteiger partial charge in [0.25, 0.3) is 0 Å². The molecular formula is C25H31NO4. The Kier molecular flexibility index (Phi) is 8.34. The van der Waals surface area contributed by atoms with Gasteiger partial charge < -0.3 is 9.47 Å². The highest BCUT2D eigenvalue weighted by Crippen LogP contribution is 2.42. The molecule has 0 aliphatic carbocycles. The van der Waals surface area contributed by atoms with E-state index < -0.39 is 17.8 Å². The van der Waals surface area contributed by atoms with Gasteiger partial charge in [-0.3, -0.25) is 9.79 Å². The van der Waals surface area contributed by atoms with Crippen molar-refractivity contribution in [2.75, 3.05) is 13.2 Å². The molecule has 0 saturated carbocycles. The van der Waals surface area contributed by atoms with E-state index in [2.05, 4.69) is 11.6 Å². The van der Waals surface area contributed by atoms with E-state index in [1.807, 2.05) is 50.3 Å². The normalized spacial score (nSPS) is 18.9. The second-order valence-corrected chi connectivity index (χ2v) is 7.17. The smallest absolute Gasteiger partial charge is 0.336 e. The van der Waals surface area contributed by atoms with Crippen LogP contribution in [-0.2, 0) is 19.1 Å². The van der Waals surface area contributed by atoms with Gasteiger partial charge in [0, 0.05) is 17.3 Å². The summed E-state index contributed by atoms with van der Waals surface area (Å²) in [4.78, 5) is 30.3. The molecule has 160 valence electrons. The molecule has 0 aromatic heterocycles. The van der Waals surface area contributed by atoms with Crippen molar-refractivity contribution in [2.24, 2.45) is 10.9 Å². The zero-order chi connectivity index (χ0) is 22.3. The summed E-state index contributed by atoms with van der Waals surface area (Å²) in [7, 11) is 0. The average Bonchev–Trinajstić information content (AvgIpc) is 2.69. The summed E-state index contributed by atoms with van der Waals surface area (Å²) < 4.78 is 10.7. The maximum atomic E-state index is 12.9. The van der Waals surface area contributed by atoms with Crippen LogP contribution in [0.25, 0.3) is 6.08 Å². The van der Waals surface area contributed by atoms with Crippen LogP contribution in [0.3, 0.4) is 0 Å². The molecule has 5 nitrogen and oxygen atoms in total. The predicted octanol–water partition coefficient (Wildman–Crippen LogP) is 5.16. The van der Waals surface area contributed by atoms with Crippen molar-refractivity contribution in [1.29, 1.82) is 0 Å². The monoisotopic (exact) mass is 409 g/mol. The topological polar surface area (TPSA) is 65.0 Å². The van der Waals surface area contributed by atoms with Gasteiger partial charge in [0.1, 0.15) is 5.92 Å². The van der Waals surface area contributed by atoms with Gasteiger partial charge in [-0.1, -0.05) is 36.4 Å². The van der Waals surface area contributed by atoms with E-state index in [1.54, 1.807) is 20.8 Å². The Labute approximate surface area is 179 Å². The number of benzene rings is 1. The Morgan fingerprint density at radius 1 is 1.13 bits per heavy atom. The number of ether oxygens (including phenoxy) is 2. The zero-order valence-corrected chi connectivity index (χ0v) is 18.5. The highest BCUT2D eigenvalue weighted by Gasteiger charge is 2.43. The third-order valence-electron chi connectivity index (χ3n) is 5.22. The van der Waals surface area contributed by atoms with Crippen LogP contribution in [0.2, 0.25) is 0 Å². The Hall–Kier alpha value is -2.95. The number of hydrogen-bond acceptors (Lipinski definition) is 5. The van der Waals surface area contributed by atoms with E-state index in [1.165, 1.54) is 0 Å². The van der Waals surface area contributed by atoms with Crippen LogP contribution in [-0.4, -0.2) is 30.9 Å². The van der Waals surface area contributed by atoms with E-state index in [0.29, 0.717) is 17.0 Å². The minimum Gasteiger partial charge on any atom is -0.465 e. The second-order valence-electron chi connectivity index (χ2n) is 7.17. The van der Waals surface area contributed by atoms with Crippen molar-refractivity contribution >= 4 is 23.7 Å². The van der Waals surface area contributed by atoms with Crippen LogP contribution in [0.1, 0.15) is 56.7 Å². The molecule has 1 aromatic rings. The molecule has 0 bridgehead atoms. The molecular weight excluding hydrogens is 378 g/mol. The minimum absolute atomic E-state index is 0.248. The molecule has 5 heteroatoms. The van der Waals surface area contributed by atoms with Crippen LogP contribution >= 0.6 is 0 Å². The summed E-state index contributed by atoms with van der Waals surface area (Å²) in [6.45, 7) is 13.4. The van der Waals surface area contributed by atoms with Gasteiger partial charge in [-0.15, -0.1) is 6.58 Å². The van der Waals surface area contributed by atoms with Gasteiger partial charge in [-0.2, -0.15) is 0 Å². The largest absolute Gasteiger partial charge is 0.465 e. The zero-order valence-electron chi connectivity index (χ0n) is 18.5. The van der Waals surface area contributed by atoms with Crippen LogP contribution in [0.5, 0.6) is 0 Å². The first-order valence-corrected chi connectivity index (χ1v) is 10.3. The number of esters is 2. The fourth-order valence-corrected chi connectivity index (χ4v) is 3.87. The van der Waals surface area contributed by atoms with Gasteiger partial charge in [0.15, 0.2) is 0 Å². The van der Waals surface area contributed by atoms with Crippen LogP contribution in [0.4, 0.5) is 0 Å². The number of hydrogen-bond donors (Lipinski definition) is 0. The van der Waals surface area contributed by atoms with Crippen molar-refractivity contribution in [3.63, 3.8) is 0 Å². The van der Waals surface area contributed by atoms with Crippen LogP contribution < -0.4 is 0 Å². The number of rotatable bonds is 8. The molecule has 0 N–H and O–H groups in total. The van der Waals surface area contributed by atoms with E-state index in [0.717, 1.165) is 23.1 Å². The fourth-order valence-electron chi connectivity index (χ4n) is 3.87. The lowest BCUT2D eigenvalue weighted by Gasteiger charge is -2.32. The van der Waals surface area contributed by atoms with Crippen molar-refractivity contribution in [3.05, 3.63) is 64.9 Å². The molecule has 2 rings (SSSR count). The van der Waals surface area contributed by atoms with E-state index >= 15 is 0 Å². The van der Waals surface area contributed by atoms with Crippen LogP contribution in [0, 0.1) is 12.8 Å². The molecule has 0 radical (unpaired) electrons. The molecule has 30 heavy (non-hydrogen) atoms. The van der Waals surface area contributed by atoms with Gasteiger partial charge in [-0.05, 0) is 57.7 Å². The first kappa shape index (κ1) is 23.3. The molecule has 0 spiro atoms. The molecule has 1 heterocycles. The van der Waals surface area contributed by atoms with Crippen molar-refractivity contribution in [3.8, 4) is 0 Å². The highest BCUT2D eigenvalue weighted by molar-refractivity contribution is 6.07. The average molecular weight is 410 g/mol. The Morgan fingerprint density at radius 3 is 2.47 bits per heavy atom.